The first-order valence-corrected chi connectivity index (χ1v) is 11.8. The van der Waals surface area contributed by atoms with Crippen molar-refractivity contribution in [2.45, 2.75) is 25.6 Å². The van der Waals surface area contributed by atoms with E-state index in [4.69, 9.17) is 5.73 Å². The fraction of sp³-hybridized carbons (Fsp3) is 0.385. The van der Waals surface area contributed by atoms with Gasteiger partial charge in [0.05, 0.1) is 11.2 Å². The number of hydrogen-bond donors (Lipinski definition) is 1. The molecule has 1 aromatic heterocycles. The quantitative estimate of drug-likeness (QED) is 0.585. The number of piperidine rings is 1. The summed E-state index contributed by atoms with van der Waals surface area (Å²) in [6.45, 7) is 2.94. The number of primary amides is 1. The molecule has 2 aliphatic heterocycles. The number of pyridine rings is 1. The van der Waals surface area contributed by atoms with Crippen LogP contribution in [0.2, 0.25) is 0 Å². The number of nitrogens with two attached hydrogens (primary N) is 1. The number of aromatic nitrogens is 1. The van der Waals surface area contributed by atoms with Crippen molar-refractivity contribution < 1.29 is 22.7 Å². The van der Waals surface area contributed by atoms with Crippen LogP contribution in [0.4, 0.5) is 24.5 Å². The minimum absolute atomic E-state index is 0.0152. The maximum absolute atomic E-state index is 13.0. The van der Waals surface area contributed by atoms with Crippen LogP contribution in [0.15, 0.2) is 53.3 Å². The number of ether oxygens (including phenoxy) is 1. The molecule has 1 spiro atoms. The first kappa shape index (κ1) is 24.0. The van der Waals surface area contributed by atoms with E-state index in [9.17, 15) is 22.8 Å². The molecule has 2 aromatic carbocycles. The monoisotopic (exact) mass is 500 g/mol. The Hall–Kier alpha value is -3.69. The van der Waals surface area contributed by atoms with Crippen LogP contribution in [0, 0.1) is 5.41 Å². The minimum atomic E-state index is -4.71. The van der Waals surface area contributed by atoms with Crippen molar-refractivity contribution >= 4 is 28.2 Å². The molecule has 2 aliphatic rings. The summed E-state index contributed by atoms with van der Waals surface area (Å²) in [5.41, 5.74) is 7.54. The highest BCUT2D eigenvalue weighted by molar-refractivity contribution is 6.06. The van der Waals surface area contributed by atoms with Crippen LogP contribution < -0.4 is 25.8 Å². The summed E-state index contributed by atoms with van der Waals surface area (Å²) in [4.78, 5) is 29.6. The average Bonchev–Trinajstić information content (AvgIpc) is 3.24. The standard InChI is InChI=1S/C26H27F3N4O3/c1-31-20-5-3-2-4-19(20)22(21(23(30)34)24(31)35)32-13-10-25(11-14-32)12-15-33(16-25)17-6-8-18(9-7-17)36-26(27,28)29/h2-9H,10-16H2,1H3,(H2,30,34). The molecule has 2 saturated heterocycles. The molecule has 10 heteroatoms. The second kappa shape index (κ2) is 8.76. The number of amides is 1. The van der Waals surface area contributed by atoms with E-state index in [-0.39, 0.29) is 16.7 Å². The topological polar surface area (TPSA) is 80.8 Å². The normalized spacial score (nSPS) is 17.7. The van der Waals surface area contributed by atoms with Crippen molar-refractivity contribution in [2.24, 2.45) is 18.2 Å². The molecule has 1 amide bonds. The number of hydrogen-bond acceptors (Lipinski definition) is 5. The van der Waals surface area contributed by atoms with Gasteiger partial charge < -0.3 is 24.8 Å². The number of benzene rings is 2. The van der Waals surface area contributed by atoms with Gasteiger partial charge in [0.1, 0.15) is 11.3 Å². The third-order valence-electron chi connectivity index (χ3n) is 7.54. The summed E-state index contributed by atoms with van der Waals surface area (Å²) < 4.78 is 42.8. The van der Waals surface area contributed by atoms with Crippen LogP contribution >= 0.6 is 0 Å². The molecular formula is C26H27F3N4O3. The molecular weight excluding hydrogens is 473 g/mol. The van der Waals surface area contributed by atoms with Crippen LogP contribution in [0.5, 0.6) is 5.75 Å². The van der Waals surface area contributed by atoms with Crippen molar-refractivity contribution in [3.05, 3.63) is 64.4 Å². The second-order valence-electron chi connectivity index (χ2n) is 9.67. The van der Waals surface area contributed by atoms with Gasteiger partial charge in [-0.3, -0.25) is 9.59 Å². The highest BCUT2D eigenvalue weighted by atomic mass is 19.4. The Bertz CT molecular complexity index is 1360. The fourth-order valence-corrected chi connectivity index (χ4v) is 5.66. The van der Waals surface area contributed by atoms with Crippen LogP contribution in [0.25, 0.3) is 10.9 Å². The summed E-state index contributed by atoms with van der Waals surface area (Å²) in [5, 5.41) is 0.818. The number of rotatable bonds is 4. The van der Waals surface area contributed by atoms with E-state index >= 15 is 0 Å². The Balaban J connectivity index is 1.35. The molecule has 0 aliphatic carbocycles. The van der Waals surface area contributed by atoms with E-state index in [1.54, 1.807) is 19.2 Å². The molecule has 2 fully saturated rings. The number of carbonyl (C=O) groups is 1. The molecule has 0 unspecified atom stereocenters. The number of anilines is 2. The molecule has 0 atom stereocenters. The van der Waals surface area contributed by atoms with Crippen molar-refractivity contribution in [1.29, 1.82) is 0 Å². The molecule has 3 aromatic rings. The molecule has 0 radical (unpaired) electrons. The van der Waals surface area contributed by atoms with Gasteiger partial charge in [0.25, 0.3) is 11.5 Å². The predicted molar refractivity (Wildman–Crippen MR) is 132 cm³/mol. The Labute approximate surface area is 205 Å². The highest BCUT2D eigenvalue weighted by Gasteiger charge is 2.41. The molecule has 0 bridgehead atoms. The smallest absolute Gasteiger partial charge is 0.406 e. The molecule has 5 rings (SSSR count). The van der Waals surface area contributed by atoms with E-state index in [0.29, 0.717) is 18.8 Å². The van der Waals surface area contributed by atoms with Crippen molar-refractivity contribution in [1.82, 2.24) is 4.57 Å². The van der Waals surface area contributed by atoms with Gasteiger partial charge in [0.15, 0.2) is 0 Å². The van der Waals surface area contributed by atoms with Crippen LogP contribution in [0.3, 0.4) is 0 Å². The lowest BCUT2D eigenvalue weighted by Gasteiger charge is -2.41. The molecule has 36 heavy (non-hydrogen) atoms. The Morgan fingerprint density at radius 2 is 1.58 bits per heavy atom. The van der Waals surface area contributed by atoms with Crippen LogP contribution in [-0.4, -0.2) is 43.0 Å². The Kier molecular flexibility index (Phi) is 5.84. The number of fused-ring (bicyclic) bond motifs is 1. The summed E-state index contributed by atoms with van der Waals surface area (Å²) in [6.07, 6.45) is -2.03. The maximum atomic E-state index is 13.0. The SMILES string of the molecule is Cn1c(=O)c(C(N)=O)c(N2CCC3(CCN(c4ccc(OC(F)(F)F)cc4)C3)CC2)c2ccccc21. The Morgan fingerprint density at radius 3 is 2.19 bits per heavy atom. The maximum Gasteiger partial charge on any atom is 0.573 e. The van der Waals surface area contributed by atoms with Gasteiger partial charge in [0.2, 0.25) is 0 Å². The number of aryl methyl sites for hydroxylation is 1. The Morgan fingerprint density at radius 1 is 0.972 bits per heavy atom. The molecule has 0 saturated carbocycles. The first-order valence-electron chi connectivity index (χ1n) is 11.8. The zero-order valence-corrected chi connectivity index (χ0v) is 19.8. The third kappa shape index (κ3) is 4.36. The molecule has 2 N–H and O–H groups in total. The summed E-state index contributed by atoms with van der Waals surface area (Å²) in [7, 11) is 1.64. The van der Waals surface area contributed by atoms with Crippen molar-refractivity contribution in [3.63, 3.8) is 0 Å². The number of alkyl halides is 3. The zero-order valence-electron chi connectivity index (χ0n) is 19.8. The second-order valence-corrected chi connectivity index (χ2v) is 9.67. The molecule has 7 nitrogen and oxygen atoms in total. The molecule has 3 heterocycles. The van der Waals surface area contributed by atoms with E-state index in [2.05, 4.69) is 14.5 Å². The molecule has 190 valence electrons. The first-order chi connectivity index (χ1) is 17.1. The van der Waals surface area contributed by atoms with Crippen molar-refractivity contribution in [2.75, 3.05) is 36.0 Å². The van der Waals surface area contributed by atoms with E-state index < -0.39 is 17.8 Å². The van der Waals surface area contributed by atoms with E-state index in [1.165, 1.54) is 16.7 Å². The fourth-order valence-electron chi connectivity index (χ4n) is 5.66. The van der Waals surface area contributed by atoms with Gasteiger partial charge in [-0.25, -0.2) is 0 Å². The predicted octanol–water partition coefficient (Wildman–Crippen LogP) is 4.03. The van der Waals surface area contributed by atoms with Gasteiger partial charge in [-0.1, -0.05) is 18.2 Å². The van der Waals surface area contributed by atoms with E-state index in [1.807, 2.05) is 24.3 Å². The number of para-hydroxylation sites is 1. The highest BCUT2D eigenvalue weighted by Crippen LogP contribution is 2.44. The lowest BCUT2D eigenvalue weighted by Crippen LogP contribution is -2.43. The summed E-state index contributed by atoms with van der Waals surface area (Å²) in [5.74, 6) is -0.971. The lowest BCUT2D eigenvalue weighted by atomic mass is 9.77. The van der Waals surface area contributed by atoms with Crippen molar-refractivity contribution in [3.8, 4) is 5.75 Å². The number of halogens is 3. The third-order valence-corrected chi connectivity index (χ3v) is 7.54. The average molecular weight is 501 g/mol. The van der Waals surface area contributed by atoms with E-state index in [0.717, 1.165) is 48.9 Å². The summed E-state index contributed by atoms with van der Waals surface area (Å²) >= 11 is 0. The van der Waals surface area contributed by atoms with Gasteiger partial charge >= 0.3 is 6.36 Å². The minimum Gasteiger partial charge on any atom is -0.406 e. The lowest BCUT2D eigenvalue weighted by molar-refractivity contribution is -0.274. The number of nitrogens with zero attached hydrogens (tertiary/aromatic N) is 3. The van der Waals surface area contributed by atoms with Crippen LogP contribution in [0.1, 0.15) is 29.6 Å². The number of carbonyl (C=O) groups excluding carboxylic acids is 1. The summed E-state index contributed by atoms with van der Waals surface area (Å²) in [6, 6.07) is 13.5. The zero-order chi connectivity index (χ0) is 25.7. The van der Waals surface area contributed by atoms with Gasteiger partial charge in [-0.05, 0) is 55.0 Å². The van der Waals surface area contributed by atoms with Gasteiger partial charge in [0, 0.05) is 44.3 Å². The van der Waals surface area contributed by atoms with Gasteiger partial charge in [-0.15, -0.1) is 13.2 Å². The van der Waals surface area contributed by atoms with Crippen LogP contribution in [-0.2, 0) is 7.05 Å². The largest absolute Gasteiger partial charge is 0.573 e. The van der Waals surface area contributed by atoms with Gasteiger partial charge in [-0.2, -0.15) is 0 Å².